The SMILES string of the molecule is Cc1nc(C2CCCN2C(=O)c2cccc3ncccc23)ncc1C(=O)N1CCOCC1. The highest BCUT2D eigenvalue weighted by Crippen LogP contribution is 2.32. The summed E-state index contributed by atoms with van der Waals surface area (Å²) >= 11 is 0. The van der Waals surface area contributed by atoms with Crippen molar-refractivity contribution in [2.24, 2.45) is 0 Å². The van der Waals surface area contributed by atoms with Gasteiger partial charge in [-0.05, 0) is 38.0 Å². The molecule has 0 radical (unpaired) electrons. The van der Waals surface area contributed by atoms with Crippen LogP contribution in [-0.4, -0.2) is 69.4 Å². The molecule has 1 atom stereocenters. The van der Waals surface area contributed by atoms with E-state index >= 15 is 0 Å². The Morgan fingerprint density at radius 1 is 1.00 bits per heavy atom. The lowest BCUT2D eigenvalue weighted by Crippen LogP contribution is -2.41. The van der Waals surface area contributed by atoms with E-state index in [2.05, 4.69) is 15.0 Å². The molecule has 2 aliphatic heterocycles. The second-order valence-electron chi connectivity index (χ2n) is 8.16. The van der Waals surface area contributed by atoms with E-state index in [0.717, 1.165) is 23.7 Å². The van der Waals surface area contributed by atoms with Crippen molar-refractivity contribution in [3.05, 3.63) is 65.4 Å². The van der Waals surface area contributed by atoms with Gasteiger partial charge in [-0.3, -0.25) is 14.6 Å². The molecular weight excluding hydrogens is 406 g/mol. The summed E-state index contributed by atoms with van der Waals surface area (Å²) in [5, 5.41) is 0.842. The lowest BCUT2D eigenvalue weighted by atomic mass is 10.1. The van der Waals surface area contributed by atoms with Crippen LogP contribution < -0.4 is 0 Å². The van der Waals surface area contributed by atoms with Crippen LogP contribution >= 0.6 is 0 Å². The number of amides is 2. The predicted molar refractivity (Wildman–Crippen MR) is 118 cm³/mol. The molecule has 1 aromatic carbocycles. The number of carbonyl (C=O) groups is 2. The van der Waals surface area contributed by atoms with Crippen molar-refractivity contribution < 1.29 is 14.3 Å². The third-order valence-corrected chi connectivity index (χ3v) is 6.21. The summed E-state index contributed by atoms with van der Waals surface area (Å²) in [6.07, 6.45) is 5.02. The first-order chi connectivity index (χ1) is 15.6. The number of hydrogen-bond donors (Lipinski definition) is 0. The van der Waals surface area contributed by atoms with Gasteiger partial charge in [0.25, 0.3) is 11.8 Å². The molecule has 32 heavy (non-hydrogen) atoms. The molecule has 0 spiro atoms. The zero-order chi connectivity index (χ0) is 22.1. The average Bonchev–Trinajstić information content (AvgIpc) is 3.33. The van der Waals surface area contributed by atoms with Crippen molar-refractivity contribution in [3.63, 3.8) is 0 Å². The summed E-state index contributed by atoms with van der Waals surface area (Å²) in [7, 11) is 0. The summed E-state index contributed by atoms with van der Waals surface area (Å²) < 4.78 is 5.33. The zero-order valence-electron chi connectivity index (χ0n) is 18.0. The van der Waals surface area contributed by atoms with Gasteiger partial charge >= 0.3 is 0 Å². The van der Waals surface area contributed by atoms with Gasteiger partial charge in [0.15, 0.2) is 5.82 Å². The summed E-state index contributed by atoms with van der Waals surface area (Å²) in [5.41, 5.74) is 2.58. The first-order valence-corrected chi connectivity index (χ1v) is 11.0. The van der Waals surface area contributed by atoms with Gasteiger partial charge in [0, 0.05) is 43.0 Å². The third kappa shape index (κ3) is 3.71. The van der Waals surface area contributed by atoms with Gasteiger partial charge < -0.3 is 14.5 Å². The van der Waals surface area contributed by atoms with E-state index in [1.807, 2.05) is 42.2 Å². The number of likely N-dealkylation sites (tertiary alicyclic amines) is 1. The number of rotatable bonds is 3. The molecule has 2 saturated heterocycles. The van der Waals surface area contributed by atoms with Crippen LogP contribution in [-0.2, 0) is 4.74 Å². The Hall–Kier alpha value is -3.39. The van der Waals surface area contributed by atoms with Crippen molar-refractivity contribution in [3.8, 4) is 0 Å². The average molecular weight is 431 g/mol. The first-order valence-electron chi connectivity index (χ1n) is 11.0. The van der Waals surface area contributed by atoms with Crippen molar-refractivity contribution in [2.45, 2.75) is 25.8 Å². The normalized spacial score (nSPS) is 18.8. The molecule has 2 aliphatic rings. The van der Waals surface area contributed by atoms with Gasteiger partial charge in [0.1, 0.15) is 0 Å². The second-order valence-corrected chi connectivity index (χ2v) is 8.16. The monoisotopic (exact) mass is 431 g/mol. The van der Waals surface area contributed by atoms with Crippen LogP contribution in [0.15, 0.2) is 42.7 Å². The van der Waals surface area contributed by atoms with Crippen molar-refractivity contribution in [2.75, 3.05) is 32.8 Å². The molecule has 164 valence electrons. The number of pyridine rings is 1. The van der Waals surface area contributed by atoms with E-state index in [-0.39, 0.29) is 17.9 Å². The number of carbonyl (C=O) groups excluding carboxylic acids is 2. The minimum absolute atomic E-state index is 0.0409. The molecule has 2 aromatic heterocycles. The highest BCUT2D eigenvalue weighted by Gasteiger charge is 2.34. The Morgan fingerprint density at radius 3 is 2.66 bits per heavy atom. The maximum absolute atomic E-state index is 13.5. The molecule has 2 fully saturated rings. The van der Waals surface area contributed by atoms with E-state index < -0.39 is 0 Å². The van der Waals surface area contributed by atoms with Crippen LogP contribution in [0.25, 0.3) is 10.9 Å². The fourth-order valence-electron chi connectivity index (χ4n) is 4.52. The molecule has 8 nitrogen and oxygen atoms in total. The van der Waals surface area contributed by atoms with Gasteiger partial charge in [-0.15, -0.1) is 0 Å². The summed E-state index contributed by atoms with van der Waals surface area (Å²) in [6, 6.07) is 9.17. The van der Waals surface area contributed by atoms with Gasteiger partial charge in [-0.1, -0.05) is 12.1 Å². The van der Waals surface area contributed by atoms with E-state index in [1.165, 1.54) is 0 Å². The van der Waals surface area contributed by atoms with Crippen molar-refractivity contribution in [1.82, 2.24) is 24.8 Å². The molecule has 0 N–H and O–H groups in total. The highest BCUT2D eigenvalue weighted by molar-refractivity contribution is 6.06. The van der Waals surface area contributed by atoms with Gasteiger partial charge in [0.05, 0.1) is 36.0 Å². The zero-order valence-corrected chi connectivity index (χ0v) is 18.0. The highest BCUT2D eigenvalue weighted by atomic mass is 16.5. The van der Waals surface area contributed by atoms with Crippen LogP contribution in [0, 0.1) is 6.92 Å². The number of fused-ring (bicyclic) bond motifs is 1. The van der Waals surface area contributed by atoms with E-state index in [1.54, 1.807) is 17.3 Å². The molecule has 0 bridgehead atoms. The number of benzene rings is 1. The Morgan fingerprint density at radius 2 is 1.84 bits per heavy atom. The Balaban J connectivity index is 1.41. The fourth-order valence-corrected chi connectivity index (χ4v) is 4.52. The Kier molecular flexibility index (Phi) is 5.53. The van der Waals surface area contributed by atoms with Crippen LogP contribution in [0.1, 0.15) is 51.1 Å². The van der Waals surface area contributed by atoms with Gasteiger partial charge in [0.2, 0.25) is 0 Å². The van der Waals surface area contributed by atoms with Crippen LogP contribution in [0.2, 0.25) is 0 Å². The maximum Gasteiger partial charge on any atom is 0.257 e. The quantitative estimate of drug-likeness (QED) is 0.634. The van der Waals surface area contributed by atoms with Crippen LogP contribution in [0.4, 0.5) is 0 Å². The first kappa shape index (κ1) is 20.5. The minimum Gasteiger partial charge on any atom is -0.378 e. The Bertz CT molecular complexity index is 1170. The van der Waals surface area contributed by atoms with E-state index in [4.69, 9.17) is 4.74 Å². The molecule has 2 amide bonds. The molecule has 8 heteroatoms. The van der Waals surface area contributed by atoms with E-state index in [0.29, 0.717) is 55.5 Å². The van der Waals surface area contributed by atoms with Crippen molar-refractivity contribution in [1.29, 1.82) is 0 Å². The summed E-state index contributed by atoms with van der Waals surface area (Å²) in [5.74, 6) is 0.478. The number of hydrogen-bond acceptors (Lipinski definition) is 6. The minimum atomic E-state index is -0.208. The summed E-state index contributed by atoms with van der Waals surface area (Å²) in [4.78, 5) is 43.5. The molecule has 1 unspecified atom stereocenters. The lowest BCUT2D eigenvalue weighted by molar-refractivity contribution is 0.0301. The lowest BCUT2D eigenvalue weighted by Gasteiger charge is -2.27. The number of nitrogens with zero attached hydrogens (tertiary/aromatic N) is 5. The third-order valence-electron chi connectivity index (χ3n) is 6.21. The number of morpholine rings is 1. The molecule has 3 aromatic rings. The molecule has 5 rings (SSSR count). The smallest absolute Gasteiger partial charge is 0.257 e. The van der Waals surface area contributed by atoms with E-state index in [9.17, 15) is 9.59 Å². The number of aryl methyl sites for hydroxylation is 1. The topological polar surface area (TPSA) is 88.5 Å². The molecule has 0 saturated carbocycles. The second kappa shape index (κ2) is 8.63. The Labute approximate surface area is 186 Å². The van der Waals surface area contributed by atoms with Gasteiger partial charge in [-0.2, -0.15) is 0 Å². The maximum atomic E-state index is 13.5. The predicted octanol–water partition coefficient (Wildman–Crippen LogP) is 2.78. The van der Waals surface area contributed by atoms with Crippen molar-refractivity contribution >= 4 is 22.7 Å². The largest absolute Gasteiger partial charge is 0.378 e. The standard InChI is InChI=1S/C24H25N5O3/c1-16-19(23(30)28-11-13-32-14-12-28)15-26-22(27-16)21-8-4-10-29(21)24(31)18-5-2-7-20-17(18)6-3-9-25-20/h2-3,5-7,9,15,21H,4,8,10-14H2,1H3. The summed E-state index contributed by atoms with van der Waals surface area (Å²) in [6.45, 7) is 4.72. The number of aromatic nitrogens is 3. The number of ether oxygens (including phenoxy) is 1. The molecular formula is C24H25N5O3. The van der Waals surface area contributed by atoms with Gasteiger partial charge in [-0.25, -0.2) is 9.97 Å². The molecule has 4 heterocycles. The molecule has 0 aliphatic carbocycles. The van der Waals surface area contributed by atoms with Crippen LogP contribution in [0.3, 0.4) is 0 Å². The fraction of sp³-hybridized carbons (Fsp3) is 0.375. The van der Waals surface area contributed by atoms with Crippen LogP contribution in [0.5, 0.6) is 0 Å².